The van der Waals surface area contributed by atoms with Crippen molar-refractivity contribution in [1.82, 2.24) is 29.4 Å². The van der Waals surface area contributed by atoms with Crippen molar-refractivity contribution in [2.75, 3.05) is 39.3 Å². The van der Waals surface area contributed by atoms with Crippen LogP contribution in [-0.4, -0.2) is 107 Å². The van der Waals surface area contributed by atoms with E-state index in [-0.39, 0.29) is 56.5 Å². The van der Waals surface area contributed by atoms with Crippen LogP contribution in [0.5, 0.6) is 0 Å². The predicted octanol–water partition coefficient (Wildman–Crippen LogP) is 15.1. The van der Waals surface area contributed by atoms with Gasteiger partial charge in [-0.2, -0.15) is 41.4 Å². The van der Waals surface area contributed by atoms with Crippen LogP contribution in [0.15, 0.2) is 255 Å². The Kier molecular flexibility index (Phi) is 31.3. The van der Waals surface area contributed by atoms with Crippen molar-refractivity contribution in [1.29, 1.82) is 0 Å². The molecule has 0 N–H and O–H groups in total. The molecule has 3 fully saturated rings. The van der Waals surface area contributed by atoms with Crippen molar-refractivity contribution >= 4 is 66.4 Å². The summed E-state index contributed by atoms with van der Waals surface area (Å²) in [5.41, 5.74) is 12.3. The minimum absolute atomic E-state index is 0. The number of hydrogen-bond donors (Lipinski definition) is 0. The SMILES string of the molecule is C.C.C[Si](C)(C)Cl.C[Si](C)(C)c1ccc(C2N(Cc3ccccc3)CCN2Cc2ccccc2)cc1.Clc1ccc(C2N(Cc3ccccc3)CCN2Cc2ccccc2)cc1.[Cl-].[Mg+2].[c-]1ccc(C2N(Cc3ccccc3)CCN2Cc2ccccc2)cc1. The molecule has 0 atom stereocenters. The molecule has 3 aliphatic rings. The number of nitrogens with zero attached hydrogens (tertiary/aromatic N) is 6. The zero-order chi connectivity index (χ0) is 59.4. The van der Waals surface area contributed by atoms with Gasteiger partial charge in [-0.3, -0.25) is 29.4 Å². The summed E-state index contributed by atoms with van der Waals surface area (Å²) in [6, 6.07) is 94.1. The van der Waals surface area contributed by atoms with Crippen LogP contribution in [0.1, 0.15) is 83.4 Å². The van der Waals surface area contributed by atoms with Crippen molar-refractivity contribution in [3.8, 4) is 0 Å². The molecule has 0 aliphatic carbocycles. The van der Waals surface area contributed by atoms with Gasteiger partial charge >= 0.3 is 23.1 Å². The smallest absolute Gasteiger partial charge is 1.00 e. The molecule has 3 aliphatic heterocycles. The average Bonchev–Trinajstić information content (AvgIpc) is 2.08. The molecule has 0 unspecified atom stereocenters. The molecule has 0 saturated carbocycles. The van der Waals surface area contributed by atoms with Crippen LogP contribution >= 0.6 is 22.7 Å². The van der Waals surface area contributed by atoms with Gasteiger partial charge in [0.2, 0.25) is 0 Å². The van der Waals surface area contributed by atoms with Gasteiger partial charge in [-0.05, 0) is 56.6 Å². The van der Waals surface area contributed by atoms with Gasteiger partial charge < -0.3 is 12.4 Å². The molecule has 9 aromatic carbocycles. The zero-order valence-electron chi connectivity index (χ0n) is 52.0. The van der Waals surface area contributed by atoms with E-state index < -0.39 is 15.5 Å². The third kappa shape index (κ3) is 23.5. The number of benzene rings is 9. The van der Waals surface area contributed by atoms with Crippen LogP contribution < -0.4 is 17.6 Å². The van der Waals surface area contributed by atoms with E-state index in [0.29, 0.717) is 12.3 Å². The summed E-state index contributed by atoms with van der Waals surface area (Å²) >= 11 is 11.8. The van der Waals surface area contributed by atoms with Crippen LogP contribution in [0.4, 0.5) is 0 Å². The summed E-state index contributed by atoms with van der Waals surface area (Å²) in [4.78, 5) is 15.5. The van der Waals surface area contributed by atoms with Crippen molar-refractivity contribution < 1.29 is 12.4 Å². The Labute approximate surface area is 570 Å². The first-order chi connectivity index (χ1) is 41.2. The van der Waals surface area contributed by atoms with Gasteiger partial charge in [-0.25, -0.2) is 0 Å². The van der Waals surface area contributed by atoms with Gasteiger partial charge in [0, 0.05) is 83.6 Å². The van der Waals surface area contributed by atoms with E-state index in [9.17, 15) is 0 Å². The molecule has 3 heterocycles. The maximum Gasteiger partial charge on any atom is 2.00 e. The topological polar surface area (TPSA) is 19.4 Å². The van der Waals surface area contributed by atoms with E-state index in [0.717, 1.165) is 83.6 Å². The molecule has 0 bridgehead atoms. The minimum Gasteiger partial charge on any atom is -1.00 e. The minimum atomic E-state index is -1.28. The van der Waals surface area contributed by atoms with E-state index >= 15 is 0 Å². The molecule has 12 rings (SSSR count). The van der Waals surface area contributed by atoms with Crippen LogP contribution in [0, 0.1) is 6.07 Å². The molecule has 6 nitrogen and oxygen atoms in total. The van der Waals surface area contributed by atoms with Gasteiger partial charge in [0.25, 0.3) is 0 Å². The molecule has 3 saturated heterocycles. The summed E-state index contributed by atoms with van der Waals surface area (Å²) in [6.45, 7) is 25.9. The van der Waals surface area contributed by atoms with Crippen LogP contribution in [0.2, 0.25) is 44.3 Å². The molecular formula is C77H95Cl3MgN6Si2. The maximum absolute atomic E-state index is 6.12. The first-order valence-electron chi connectivity index (χ1n) is 30.4. The monoisotopic (exact) mass is 1290 g/mol. The molecule has 464 valence electrons. The second-order valence-electron chi connectivity index (χ2n) is 24.7. The fourth-order valence-corrected chi connectivity index (χ4v) is 13.0. The normalized spacial score (nSPS) is 15.3. The van der Waals surface area contributed by atoms with E-state index in [1.54, 1.807) is 0 Å². The van der Waals surface area contributed by atoms with E-state index in [2.05, 4.69) is 305 Å². The van der Waals surface area contributed by atoms with Crippen LogP contribution in [-0.2, 0) is 39.3 Å². The molecular weight excluding hydrogens is 1200 g/mol. The number of rotatable bonds is 16. The first kappa shape index (κ1) is 74.5. The second kappa shape index (κ2) is 37.4. The molecule has 0 spiro atoms. The zero-order valence-corrected chi connectivity index (χ0v) is 57.7. The number of halogens is 3. The van der Waals surface area contributed by atoms with Gasteiger partial charge in [0.15, 0.2) is 0 Å². The summed E-state index contributed by atoms with van der Waals surface area (Å²) in [5, 5.41) is 2.32. The summed E-state index contributed by atoms with van der Waals surface area (Å²) in [5.74, 6) is 0. The Hall–Kier alpha value is -5.19. The number of hydrogen-bond acceptors (Lipinski definition) is 6. The molecule has 0 aromatic heterocycles. The second-order valence-corrected chi connectivity index (χ2v) is 37.7. The Balaban J connectivity index is 0.000000229. The summed E-state index contributed by atoms with van der Waals surface area (Å²) in [7, 11) is -2.42. The standard InChI is InChI=1S/C26H32N2Si.C23H23ClN2.C23H23N2.C3H9ClSi.2CH4.ClH.Mg/c1-29(2,3)25-16-14-24(15-17-25)26-27(20-22-10-6-4-7-11-22)18-19-28(26)21-23-12-8-5-9-13-23;24-22-13-11-21(12-14-22)23-25(17-19-7-3-1-4-8-19)15-16-26(23)18-20-9-5-2-6-10-20;1-4-10-20(11-5-1)18-24-16-17-25(19-21-12-6-2-7-13-21)23(24)22-14-8-3-9-15-22;1-5(2,3)4;;;;/h4-17,26H,18-21H2,1-3H3;1-14,23H,15-18H2;1-2,4-15,23H,16-19H2;1-3H3;2*1H4;1H;/q;;-1;;;;;+2/p-1. The van der Waals surface area contributed by atoms with Gasteiger partial charge in [0.1, 0.15) is 7.38 Å². The van der Waals surface area contributed by atoms with Gasteiger partial charge in [0.05, 0.1) is 26.6 Å². The van der Waals surface area contributed by atoms with Gasteiger partial charge in [-0.1, -0.05) is 289 Å². The Morgan fingerprint density at radius 1 is 0.337 bits per heavy atom. The van der Waals surface area contributed by atoms with Gasteiger partial charge in [-0.15, -0.1) is 5.56 Å². The molecule has 0 amide bonds. The van der Waals surface area contributed by atoms with Crippen molar-refractivity contribution in [2.45, 2.75) is 112 Å². The fraction of sp³-hybridized carbons (Fsp3) is 0.299. The average molecular weight is 1290 g/mol. The molecule has 89 heavy (non-hydrogen) atoms. The van der Waals surface area contributed by atoms with Crippen molar-refractivity contribution in [3.63, 3.8) is 0 Å². The quantitative estimate of drug-likeness (QED) is 0.0542. The third-order valence-corrected chi connectivity index (χ3v) is 18.1. The largest absolute Gasteiger partial charge is 2.00 e. The van der Waals surface area contributed by atoms with E-state index in [4.69, 9.17) is 22.7 Å². The molecule has 9 aromatic rings. The first-order valence-corrected chi connectivity index (χ1v) is 38.8. The van der Waals surface area contributed by atoms with Crippen molar-refractivity contribution in [3.05, 3.63) is 316 Å². The Morgan fingerprint density at radius 3 is 0.753 bits per heavy atom. The molecule has 12 heteroatoms. The fourth-order valence-electron chi connectivity index (χ4n) is 11.7. The maximum atomic E-state index is 6.12. The predicted molar refractivity (Wildman–Crippen MR) is 384 cm³/mol. The van der Waals surface area contributed by atoms with E-state index in [1.165, 1.54) is 55.3 Å². The van der Waals surface area contributed by atoms with E-state index in [1.807, 2.05) is 24.3 Å². The Bertz CT molecular complexity index is 3160. The Morgan fingerprint density at radius 2 is 0.539 bits per heavy atom. The summed E-state index contributed by atoms with van der Waals surface area (Å²) in [6.07, 6.45) is 0.911. The van der Waals surface area contributed by atoms with Crippen LogP contribution in [0.25, 0.3) is 0 Å². The third-order valence-electron chi connectivity index (χ3n) is 15.8. The molecule has 0 radical (unpaired) electrons. The van der Waals surface area contributed by atoms with Crippen LogP contribution in [0.3, 0.4) is 0 Å². The van der Waals surface area contributed by atoms with Crippen molar-refractivity contribution in [2.24, 2.45) is 0 Å². The summed E-state index contributed by atoms with van der Waals surface area (Å²) < 4.78 is 0.